The minimum atomic E-state index is -0.0789. The van der Waals surface area contributed by atoms with Gasteiger partial charge >= 0.3 is 0 Å². The van der Waals surface area contributed by atoms with E-state index in [-0.39, 0.29) is 5.56 Å². The maximum Gasteiger partial charge on any atom is 0.252 e. The lowest BCUT2D eigenvalue weighted by Gasteiger charge is -2.37. The van der Waals surface area contributed by atoms with Crippen molar-refractivity contribution in [2.75, 3.05) is 18.0 Å². The van der Waals surface area contributed by atoms with Gasteiger partial charge in [0, 0.05) is 19.2 Å². The molecule has 0 amide bonds. The number of hydrogen-bond acceptors (Lipinski definition) is 3. The van der Waals surface area contributed by atoms with E-state index in [4.69, 9.17) is 0 Å². The Morgan fingerprint density at radius 3 is 2.67 bits per heavy atom. The van der Waals surface area contributed by atoms with Gasteiger partial charge in [0.2, 0.25) is 0 Å². The Bertz CT molecular complexity index is 387. The van der Waals surface area contributed by atoms with Crippen LogP contribution in [0.1, 0.15) is 26.7 Å². The van der Waals surface area contributed by atoms with Gasteiger partial charge in [-0.05, 0) is 18.3 Å². The van der Waals surface area contributed by atoms with Gasteiger partial charge in [0.1, 0.15) is 5.82 Å². The van der Waals surface area contributed by atoms with E-state index in [0.29, 0.717) is 5.41 Å². The van der Waals surface area contributed by atoms with Crippen molar-refractivity contribution in [3.8, 4) is 0 Å². The molecular formula is C11H17N3O. The van der Waals surface area contributed by atoms with Gasteiger partial charge in [-0.3, -0.25) is 4.79 Å². The molecular weight excluding hydrogens is 190 g/mol. The average molecular weight is 207 g/mol. The van der Waals surface area contributed by atoms with E-state index in [2.05, 4.69) is 28.7 Å². The van der Waals surface area contributed by atoms with Crippen LogP contribution < -0.4 is 10.5 Å². The second-order valence-electron chi connectivity index (χ2n) is 4.92. The highest BCUT2D eigenvalue weighted by molar-refractivity contribution is 5.36. The fourth-order valence-corrected chi connectivity index (χ4v) is 1.87. The molecule has 0 bridgehead atoms. The number of nitrogens with zero attached hydrogens (tertiary/aromatic N) is 2. The van der Waals surface area contributed by atoms with Gasteiger partial charge < -0.3 is 9.88 Å². The zero-order chi connectivity index (χ0) is 10.9. The van der Waals surface area contributed by atoms with Crippen LogP contribution in [-0.4, -0.2) is 23.1 Å². The topological polar surface area (TPSA) is 49.0 Å². The predicted molar refractivity (Wildman–Crippen MR) is 60.1 cm³/mol. The first-order valence-corrected chi connectivity index (χ1v) is 5.37. The van der Waals surface area contributed by atoms with Crippen LogP contribution in [0, 0.1) is 5.41 Å². The standard InChI is InChI=1S/C11H17N3O/c1-11(2)3-5-14(6-4-11)9-7-10(15)13-8-12-9/h7-8H,3-6H2,1-2H3,(H,12,13,15). The van der Waals surface area contributed by atoms with Crippen molar-refractivity contribution in [3.63, 3.8) is 0 Å². The Kier molecular flexibility index (Phi) is 2.50. The minimum absolute atomic E-state index is 0.0789. The minimum Gasteiger partial charge on any atom is -0.356 e. The molecule has 1 aliphatic heterocycles. The summed E-state index contributed by atoms with van der Waals surface area (Å²) in [6.07, 6.45) is 3.78. The normalized spacial score (nSPS) is 20.3. The highest BCUT2D eigenvalue weighted by Gasteiger charge is 2.25. The summed E-state index contributed by atoms with van der Waals surface area (Å²) in [4.78, 5) is 20.0. The van der Waals surface area contributed by atoms with Gasteiger partial charge in [0.15, 0.2) is 0 Å². The summed E-state index contributed by atoms with van der Waals surface area (Å²) in [5.41, 5.74) is 0.349. The lowest BCUT2D eigenvalue weighted by atomic mass is 9.83. The number of nitrogens with one attached hydrogen (secondary N) is 1. The smallest absolute Gasteiger partial charge is 0.252 e. The van der Waals surface area contributed by atoms with Crippen molar-refractivity contribution in [1.82, 2.24) is 9.97 Å². The van der Waals surface area contributed by atoms with Crippen LogP contribution in [-0.2, 0) is 0 Å². The van der Waals surface area contributed by atoms with Gasteiger partial charge in [0.25, 0.3) is 5.56 Å². The van der Waals surface area contributed by atoms with Crippen LogP contribution in [0.2, 0.25) is 0 Å². The largest absolute Gasteiger partial charge is 0.356 e. The summed E-state index contributed by atoms with van der Waals surface area (Å²) in [5.74, 6) is 0.800. The Labute approximate surface area is 89.3 Å². The average Bonchev–Trinajstić information content (AvgIpc) is 2.17. The molecule has 82 valence electrons. The summed E-state index contributed by atoms with van der Waals surface area (Å²) in [7, 11) is 0. The lowest BCUT2D eigenvalue weighted by Crippen LogP contribution is -2.38. The molecule has 0 unspecified atom stereocenters. The molecule has 2 heterocycles. The molecule has 1 aliphatic rings. The molecule has 1 fully saturated rings. The van der Waals surface area contributed by atoms with Crippen LogP contribution in [0.5, 0.6) is 0 Å². The van der Waals surface area contributed by atoms with Crippen molar-refractivity contribution < 1.29 is 0 Å². The highest BCUT2D eigenvalue weighted by Crippen LogP contribution is 2.30. The molecule has 15 heavy (non-hydrogen) atoms. The first-order valence-electron chi connectivity index (χ1n) is 5.37. The monoisotopic (exact) mass is 207 g/mol. The van der Waals surface area contributed by atoms with Gasteiger partial charge in [-0.25, -0.2) is 4.98 Å². The maximum absolute atomic E-state index is 11.1. The molecule has 1 N–H and O–H groups in total. The number of hydrogen-bond donors (Lipinski definition) is 1. The predicted octanol–water partition coefficient (Wildman–Crippen LogP) is 1.40. The Morgan fingerprint density at radius 2 is 2.07 bits per heavy atom. The quantitative estimate of drug-likeness (QED) is 0.757. The Hall–Kier alpha value is -1.32. The summed E-state index contributed by atoms with van der Waals surface area (Å²) in [6.45, 7) is 6.55. The van der Waals surface area contributed by atoms with Gasteiger partial charge in [-0.15, -0.1) is 0 Å². The van der Waals surface area contributed by atoms with Gasteiger partial charge in [-0.1, -0.05) is 13.8 Å². The van der Waals surface area contributed by atoms with E-state index in [1.165, 1.54) is 6.33 Å². The SMILES string of the molecule is CC1(C)CCN(c2cc(=O)[nH]cn2)CC1. The van der Waals surface area contributed by atoms with Crippen LogP contribution in [0.3, 0.4) is 0 Å². The van der Waals surface area contributed by atoms with Gasteiger partial charge in [0.05, 0.1) is 6.33 Å². The third kappa shape index (κ3) is 2.37. The van der Waals surface area contributed by atoms with E-state index >= 15 is 0 Å². The summed E-state index contributed by atoms with van der Waals surface area (Å²) in [5, 5.41) is 0. The van der Waals surface area contributed by atoms with E-state index in [0.717, 1.165) is 31.7 Å². The number of aromatic amines is 1. The Morgan fingerprint density at radius 1 is 1.40 bits per heavy atom. The summed E-state index contributed by atoms with van der Waals surface area (Å²) >= 11 is 0. The van der Waals surface area contributed by atoms with Gasteiger partial charge in [-0.2, -0.15) is 0 Å². The molecule has 0 aromatic carbocycles. The van der Waals surface area contributed by atoms with Crippen LogP contribution in [0.25, 0.3) is 0 Å². The number of piperidine rings is 1. The Balaban J connectivity index is 2.11. The number of aromatic nitrogens is 2. The highest BCUT2D eigenvalue weighted by atomic mass is 16.1. The second-order valence-corrected chi connectivity index (χ2v) is 4.92. The molecule has 1 aromatic heterocycles. The third-order valence-electron chi connectivity index (χ3n) is 3.10. The molecule has 4 nitrogen and oxygen atoms in total. The molecule has 1 saturated heterocycles. The van der Waals surface area contributed by atoms with Crippen LogP contribution in [0.4, 0.5) is 5.82 Å². The zero-order valence-corrected chi connectivity index (χ0v) is 9.29. The van der Waals surface area contributed by atoms with Crippen LogP contribution >= 0.6 is 0 Å². The van der Waals surface area contributed by atoms with E-state index in [1.807, 2.05) is 0 Å². The molecule has 0 aliphatic carbocycles. The van der Waals surface area contributed by atoms with Crippen molar-refractivity contribution in [2.24, 2.45) is 5.41 Å². The second kappa shape index (κ2) is 3.68. The molecule has 0 radical (unpaired) electrons. The van der Waals surface area contributed by atoms with E-state index in [1.54, 1.807) is 6.07 Å². The molecule has 0 atom stereocenters. The van der Waals surface area contributed by atoms with E-state index in [9.17, 15) is 4.79 Å². The van der Waals surface area contributed by atoms with Crippen molar-refractivity contribution in [3.05, 3.63) is 22.7 Å². The number of rotatable bonds is 1. The van der Waals surface area contributed by atoms with Crippen molar-refractivity contribution in [1.29, 1.82) is 0 Å². The molecule has 0 saturated carbocycles. The number of H-pyrrole nitrogens is 1. The third-order valence-corrected chi connectivity index (χ3v) is 3.10. The zero-order valence-electron chi connectivity index (χ0n) is 9.29. The molecule has 2 rings (SSSR count). The van der Waals surface area contributed by atoms with Crippen molar-refractivity contribution in [2.45, 2.75) is 26.7 Å². The summed E-state index contributed by atoms with van der Waals surface area (Å²) < 4.78 is 0. The molecule has 0 spiro atoms. The number of anilines is 1. The fourth-order valence-electron chi connectivity index (χ4n) is 1.87. The summed E-state index contributed by atoms with van der Waals surface area (Å²) in [6, 6.07) is 1.57. The molecule has 1 aromatic rings. The maximum atomic E-state index is 11.1. The van der Waals surface area contributed by atoms with Crippen LogP contribution in [0.15, 0.2) is 17.2 Å². The fraction of sp³-hybridized carbons (Fsp3) is 0.636. The first kappa shape index (κ1) is 10.2. The molecule has 4 heteroatoms. The lowest BCUT2D eigenvalue weighted by molar-refractivity contribution is 0.279. The first-order chi connectivity index (χ1) is 7.07. The van der Waals surface area contributed by atoms with E-state index < -0.39 is 0 Å². The van der Waals surface area contributed by atoms with Crippen molar-refractivity contribution >= 4 is 5.82 Å².